The van der Waals surface area contributed by atoms with Crippen LogP contribution in [0, 0.1) is 0 Å². The third-order valence-electron chi connectivity index (χ3n) is 2.45. The van der Waals surface area contributed by atoms with Crippen molar-refractivity contribution in [3.05, 3.63) is 22.5 Å². The van der Waals surface area contributed by atoms with Gasteiger partial charge in [-0.05, 0) is 18.9 Å². The zero-order valence-corrected chi connectivity index (χ0v) is 7.94. The van der Waals surface area contributed by atoms with Crippen molar-refractivity contribution in [2.24, 2.45) is 5.73 Å². The number of anilines is 1. The number of H-pyrrole nitrogens is 1. The smallest absolute Gasteiger partial charge is 0.264 e. The summed E-state index contributed by atoms with van der Waals surface area (Å²) < 4.78 is 0. The van der Waals surface area contributed by atoms with Crippen molar-refractivity contribution in [2.45, 2.75) is 18.9 Å². The molecule has 1 aliphatic rings. The average Bonchev–Trinajstić information content (AvgIpc) is 2.19. The fraction of sp³-hybridized carbons (Fsp3) is 0.556. The molecule has 2 rings (SSSR count). The van der Waals surface area contributed by atoms with Crippen LogP contribution in [0.15, 0.2) is 16.9 Å². The molecular weight excluding hydrogens is 180 g/mol. The molecule has 0 bridgehead atoms. The van der Waals surface area contributed by atoms with Crippen LogP contribution >= 0.6 is 0 Å². The van der Waals surface area contributed by atoms with E-state index in [2.05, 4.69) is 15.1 Å². The van der Waals surface area contributed by atoms with E-state index >= 15 is 0 Å². The van der Waals surface area contributed by atoms with E-state index in [1.165, 1.54) is 6.07 Å². The molecule has 14 heavy (non-hydrogen) atoms. The second-order valence-corrected chi connectivity index (χ2v) is 3.63. The summed E-state index contributed by atoms with van der Waals surface area (Å²) in [6.45, 7) is 1.78. The zero-order valence-electron chi connectivity index (χ0n) is 7.94. The van der Waals surface area contributed by atoms with Gasteiger partial charge in [0.25, 0.3) is 5.56 Å². The van der Waals surface area contributed by atoms with Crippen LogP contribution in [0.4, 0.5) is 5.82 Å². The fourth-order valence-corrected chi connectivity index (χ4v) is 1.73. The molecule has 3 N–H and O–H groups in total. The Morgan fingerprint density at radius 2 is 2.43 bits per heavy atom. The Bertz CT molecular complexity index is 342. The van der Waals surface area contributed by atoms with Gasteiger partial charge in [0.2, 0.25) is 0 Å². The number of nitrogens with one attached hydrogen (secondary N) is 1. The number of rotatable bonds is 1. The summed E-state index contributed by atoms with van der Waals surface area (Å²) in [6.07, 6.45) is 2.15. The highest BCUT2D eigenvalue weighted by Gasteiger charge is 2.17. The van der Waals surface area contributed by atoms with Crippen molar-refractivity contribution in [1.82, 2.24) is 10.2 Å². The molecule has 2 heterocycles. The molecule has 0 aromatic carbocycles. The number of piperidine rings is 1. The molecule has 1 aromatic rings. The Morgan fingerprint density at radius 3 is 3.07 bits per heavy atom. The molecule has 1 saturated heterocycles. The molecule has 76 valence electrons. The zero-order chi connectivity index (χ0) is 9.97. The van der Waals surface area contributed by atoms with Crippen molar-refractivity contribution in [1.29, 1.82) is 0 Å². The summed E-state index contributed by atoms with van der Waals surface area (Å²) in [5.74, 6) is 0.805. The van der Waals surface area contributed by atoms with Crippen molar-refractivity contribution >= 4 is 5.82 Å². The Morgan fingerprint density at radius 1 is 1.57 bits per heavy atom. The van der Waals surface area contributed by atoms with Crippen molar-refractivity contribution in [2.75, 3.05) is 18.0 Å². The Balaban J connectivity index is 2.14. The molecule has 1 atom stereocenters. The van der Waals surface area contributed by atoms with E-state index in [-0.39, 0.29) is 11.6 Å². The first-order chi connectivity index (χ1) is 6.75. The minimum atomic E-state index is -0.171. The van der Waals surface area contributed by atoms with Gasteiger partial charge >= 0.3 is 0 Å². The molecule has 0 unspecified atom stereocenters. The number of hydrogen-bond acceptors (Lipinski definition) is 4. The van der Waals surface area contributed by atoms with E-state index < -0.39 is 0 Å². The summed E-state index contributed by atoms with van der Waals surface area (Å²) in [7, 11) is 0. The first-order valence-electron chi connectivity index (χ1n) is 4.82. The molecule has 1 aromatic heterocycles. The molecule has 1 aliphatic heterocycles. The minimum absolute atomic E-state index is 0.171. The number of aromatic amines is 1. The number of nitrogens with two attached hydrogens (primary N) is 1. The molecule has 0 aliphatic carbocycles. The van der Waals surface area contributed by atoms with E-state index in [1.807, 2.05) is 0 Å². The molecule has 0 spiro atoms. The average molecular weight is 194 g/mol. The van der Waals surface area contributed by atoms with Crippen LogP contribution in [0.5, 0.6) is 0 Å². The van der Waals surface area contributed by atoms with Crippen LogP contribution in [-0.2, 0) is 0 Å². The molecule has 1 fully saturated rings. The SMILES string of the molecule is N[C@@H]1CCCN(c2ccc(=O)[nH]n2)C1. The van der Waals surface area contributed by atoms with Gasteiger partial charge in [-0.3, -0.25) is 4.79 Å². The highest BCUT2D eigenvalue weighted by molar-refractivity contribution is 5.37. The number of hydrogen-bond donors (Lipinski definition) is 2. The lowest BCUT2D eigenvalue weighted by molar-refractivity contribution is 0.502. The minimum Gasteiger partial charge on any atom is -0.354 e. The lowest BCUT2D eigenvalue weighted by atomic mass is 10.1. The first kappa shape index (κ1) is 9.21. The van der Waals surface area contributed by atoms with Crippen LogP contribution in [0.2, 0.25) is 0 Å². The van der Waals surface area contributed by atoms with Gasteiger partial charge in [0.1, 0.15) is 5.82 Å². The van der Waals surface area contributed by atoms with Gasteiger partial charge in [-0.15, -0.1) is 0 Å². The van der Waals surface area contributed by atoms with E-state index in [1.54, 1.807) is 6.07 Å². The maximum Gasteiger partial charge on any atom is 0.264 e. The predicted octanol–water partition coefficient (Wildman–Crippen LogP) is -0.303. The van der Waals surface area contributed by atoms with E-state index in [0.717, 1.165) is 31.7 Å². The summed E-state index contributed by atoms with van der Waals surface area (Å²) in [4.78, 5) is 12.9. The van der Waals surface area contributed by atoms with Gasteiger partial charge in [0.05, 0.1) is 0 Å². The number of nitrogens with zero attached hydrogens (tertiary/aromatic N) is 2. The summed E-state index contributed by atoms with van der Waals surface area (Å²) >= 11 is 0. The van der Waals surface area contributed by atoms with Crippen LogP contribution in [0.25, 0.3) is 0 Å². The summed E-state index contributed by atoms with van der Waals surface area (Å²) in [6, 6.07) is 3.44. The van der Waals surface area contributed by atoms with Crippen LogP contribution in [0.3, 0.4) is 0 Å². The molecule has 0 saturated carbocycles. The van der Waals surface area contributed by atoms with Crippen LogP contribution in [-0.4, -0.2) is 29.3 Å². The van der Waals surface area contributed by atoms with Gasteiger partial charge in [-0.2, -0.15) is 5.10 Å². The Kier molecular flexibility index (Phi) is 2.49. The summed E-state index contributed by atoms with van der Waals surface area (Å²) in [5.41, 5.74) is 5.68. The standard InChI is InChI=1S/C9H14N4O/c10-7-2-1-5-13(6-7)8-3-4-9(14)12-11-8/h3-4,7H,1-2,5-6,10H2,(H,12,14)/t7-/m1/s1. The lowest BCUT2D eigenvalue weighted by Crippen LogP contribution is -2.43. The second kappa shape index (κ2) is 3.79. The Hall–Kier alpha value is -1.36. The maximum atomic E-state index is 10.8. The maximum absolute atomic E-state index is 10.8. The van der Waals surface area contributed by atoms with Crippen molar-refractivity contribution in [3.8, 4) is 0 Å². The third kappa shape index (κ3) is 1.93. The first-order valence-corrected chi connectivity index (χ1v) is 4.82. The van der Waals surface area contributed by atoms with Gasteiger partial charge in [0.15, 0.2) is 0 Å². The molecule has 0 amide bonds. The fourth-order valence-electron chi connectivity index (χ4n) is 1.73. The second-order valence-electron chi connectivity index (χ2n) is 3.63. The largest absolute Gasteiger partial charge is 0.354 e. The molecule has 5 heteroatoms. The van der Waals surface area contributed by atoms with Crippen molar-refractivity contribution < 1.29 is 0 Å². The third-order valence-corrected chi connectivity index (χ3v) is 2.45. The molecule has 5 nitrogen and oxygen atoms in total. The lowest BCUT2D eigenvalue weighted by Gasteiger charge is -2.31. The van der Waals surface area contributed by atoms with Gasteiger partial charge in [-0.1, -0.05) is 0 Å². The monoisotopic (exact) mass is 194 g/mol. The van der Waals surface area contributed by atoms with E-state index in [0.29, 0.717) is 0 Å². The van der Waals surface area contributed by atoms with Crippen LogP contribution < -0.4 is 16.2 Å². The van der Waals surface area contributed by atoms with Crippen molar-refractivity contribution in [3.63, 3.8) is 0 Å². The van der Waals surface area contributed by atoms with Crippen LogP contribution in [0.1, 0.15) is 12.8 Å². The van der Waals surface area contributed by atoms with Gasteiger partial charge < -0.3 is 10.6 Å². The number of aromatic nitrogens is 2. The molecule has 0 radical (unpaired) electrons. The quantitative estimate of drug-likeness (QED) is 0.643. The van der Waals surface area contributed by atoms with E-state index in [9.17, 15) is 4.79 Å². The topological polar surface area (TPSA) is 75.0 Å². The van der Waals surface area contributed by atoms with Gasteiger partial charge in [0, 0.05) is 25.2 Å². The molecular formula is C9H14N4O. The van der Waals surface area contributed by atoms with E-state index in [4.69, 9.17) is 5.73 Å². The normalized spacial score (nSPS) is 22.4. The highest BCUT2D eigenvalue weighted by Crippen LogP contribution is 2.14. The van der Waals surface area contributed by atoms with Gasteiger partial charge in [-0.25, -0.2) is 5.10 Å². The predicted molar refractivity (Wildman–Crippen MR) is 54.3 cm³/mol. The highest BCUT2D eigenvalue weighted by atomic mass is 16.1. The summed E-state index contributed by atoms with van der Waals surface area (Å²) in [5, 5.41) is 6.39. The Labute approximate surface area is 81.9 Å².